The lowest BCUT2D eigenvalue weighted by molar-refractivity contribution is -0.0174. The fraction of sp³-hybridized carbons (Fsp3) is 0.519. The van der Waals surface area contributed by atoms with E-state index in [1.165, 1.54) is 30.4 Å². The van der Waals surface area contributed by atoms with Crippen molar-refractivity contribution in [2.75, 3.05) is 0 Å². The molecule has 4 rings (SSSR count). The summed E-state index contributed by atoms with van der Waals surface area (Å²) < 4.78 is 6.01. The first-order valence-electron chi connectivity index (χ1n) is 11.4. The first-order valence-corrected chi connectivity index (χ1v) is 11.4. The van der Waals surface area contributed by atoms with Crippen molar-refractivity contribution in [3.05, 3.63) is 71.3 Å². The van der Waals surface area contributed by atoms with Gasteiger partial charge in [0.05, 0.1) is 5.56 Å². The van der Waals surface area contributed by atoms with Crippen LogP contribution in [-0.4, -0.2) is 12.1 Å². The Balaban J connectivity index is 1.42. The first kappa shape index (κ1) is 20.2. The van der Waals surface area contributed by atoms with Crippen molar-refractivity contribution in [1.29, 1.82) is 0 Å². The van der Waals surface area contributed by atoms with Gasteiger partial charge in [-0.2, -0.15) is 0 Å². The summed E-state index contributed by atoms with van der Waals surface area (Å²) in [6.07, 6.45) is 5.93. The number of carbonyl (C=O) groups excluding carboxylic acids is 1. The van der Waals surface area contributed by atoms with E-state index in [-0.39, 0.29) is 12.1 Å². The van der Waals surface area contributed by atoms with Gasteiger partial charge in [0.2, 0.25) is 0 Å². The lowest BCUT2D eigenvalue weighted by atomic mass is 9.67. The van der Waals surface area contributed by atoms with Crippen LogP contribution in [-0.2, 0) is 4.74 Å². The van der Waals surface area contributed by atoms with Gasteiger partial charge in [-0.3, -0.25) is 0 Å². The SMILES string of the molecule is CC(C)[C@H]1CC[C@H](C)C[C@@H]1OC(=O)c1ccc(C2CCC2c2ccccc2)cc1. The molecule has 2 unspecified atom stereocenters. The summed E-state index contributed by atoms with van der Waals surface area (Å²) >= 11 is 0. The van der Waals surface area contributed by atoms with Crippen LogP contribution in [0.5, 0.6) is 0 Å². The van der Waals surface area contributed by atoms with Gasteiger partial charge in [0.25, 0.3) is 0 Å². The lowest BCUT2D eigenvalue weighted by Crippen LogP contribution is -2.35. The zero-order valence-corrected chi connectivity index (χ0v) is 18.0. The minimum Gasteiger partial charge on any atom is -0.458 e. The second-order valence-corrected chi connectivity index (χ2v) is 9.59. The number of esters is 1. The fourth-order valence-corrected chi connectivity index (χ4v) is 5.32. The van der Waals surface area contributed by atoms with Crippen LogP contribution in [0.3, 0.4) is 0 Å². The van der Waals surface area contributed by atoms with Crippen LogP contribution in [0.15, 0.2) is 54.6 Å². The van der Waals surface area contributed by atoms with Gasteiger partial charge in [-0.1, -0.05) is 69.7 Å². The summed E-state index contributed by atoms with van der Waals surface area (Å²) in [5.74, 6) is 2.68. The highest BCUT2D eigenvalue weighted by Gasteiger charge is 2.35. The zero-order valence-electron chi connectivity index (χ0n) is 18.0. The monoisotopic (exact) mass is 390 g/mol. The number of hydrogen-bond donors (Lipinski definition) is 0. The van der Waals surface area contributed by atoms with E-state index in [1.807, 2.05) is 12.1 Å². The summed E-state index contributed by atoms with van der Waals surface area (Å²) in [5.41, 5.74) is 3.46. The predicted octanol–water partition coefficient (Wildman–Crippen LogP) is 6.97. The largest absolute Gasteiger partial charge is 0.458 e. The molecule has 2 fully saturated rings. The van der Waals surface area contributed by atoms with E-state index in [0.29, 0.717) is 35.2 Å². The van der Waals surface area contributed by atoms with E-state index >= 15 is 0 Å². The molecule has 0 saturated heterocycles. The van der Waals surface area contributed by atoms with Crippen LogP contribution < -0.4 is 0 Å². The van der Waals surface area contributed by atoms with Gasteiger partial charge < -0.3 is 4.74 Å². The summed E-state index contributed by atoms with van der Waals surface area (Å²) in [6.45, 7) is 6.77. The molecular weight excluding hydrogens is 356 g/mol. The molecule has 0 radical (unpaired) electrons. The molecule has 2 aromatic carbocycles. The Morgan fingerprint density at radius 1 is 0.862 bits per heavy atom. The molecule has 0 bridgehead atoms. The van der Waals surface area contributed by atoms with Gasteiger partial charge in [-0.05, 0) is 78.5 Å². The van der Waals surface area contributed by atoms with Crippen molar-refractivity contribution >= 4 is 5.97 Å². The van der Waals surface area contributed by atoms with Crippen molar-refractivity contribution in [2.24, 2.45) is 17.8 Å². The predicted molar refractivity (Wildman–Crippen MR) is 118 cm³/mol. The standard InChI is InChI=1S/C27H34O2/c1-18(2)23-14-9-19(3)17-26(23)29-27(28)22-12-10-21(11-13-22)25-16-15-24(25)20-7-5-4-6-8-20/h4-8,10-13,18-19,23-26H,9,14-17H2,1-3H3/t19-,23+,24?,25?,26-/m0/s1. The van der Waals surface area contributed by atoms with Crippen molar-refractivity contribution in [2.45, 2.75) is 70.8 Å². The van der Waals surface area contributed by atoms with Crippen molar-refractivity contribution in [3.8, 4) is 0 Å². The fourth-order valence-electron chi connectivity index (χ4n) is 5.32. The molecule has 2 aliphatic rings. The van der Waals surface area contributed by atoms with E-state index in [4.69, 9.17) is 4.74 Å². The third kappa shape index (κ3) is 4.42. The molecule has 0 heterocycles. The van der Waals surface area contributed by atoms with E-state index < -0.39 is 0 Å². The molecule has 0 N–H and O–H groups in total. The van der Waals surface area contributed by atoms with Gasteiger partial charge in [0, 0.05) is 0 Å². The lowest BCUT2D eigenvalue weighted by Gasteiger charge is -2.38. The number of hydrogen-bond acceptors (Lipinski definition) is 2. The zero-order chi connectivity index (χ0) is 20.4. The number of benzene rings is 2. The van der Waals surface area contributed by atoms with Gasteiger partial charge in [0.15, 0.2) is 0 Å². The summed E-state index contributed by atoms with van der Waals surface area (Å²) in [6, 6.07) is 19.0. The van der Waals surface area contributed by atoms with Gasteiger partial charge in [-0.25, -0.2) is 4.79 Å². The van der Waals surface area contributed by atoms with Crippen LogP contribution >= 0.6 is 0 Å². The van der Waals surface area contributed by atoms with E-state index in [9.17, 15) is 4.79 Å². The molecule has 0 aromatic heterocycles. The molecular formula is C27H34O2. The average molecular weight is 391 g/mol. The van der Waals surface area contributed by atoms with Gasteiger partial charge in [0.1, 0.15) is 6.10 Å². The minimum absolute atomic E-state index is 0.0556. The summed E-state index contributed by atoms with van der Waals surface area (Å²) in [5, 5.41) is 0. The second kappa shape index (κ2) is 8.73. The quantitative estimate of drug-likeness (QED) is 0.516. The average Bonchev–Trinajstić information content (AvgIpc) is 2.68. The van der Waals surface area contributed by atoms with Gasteiger partial charge >= 0.3 is 5.97 Å². The van der Waals surface area contributed by atoms with Gasteiger partial charge in [-0.15, -0.1) is 0 Å². The number of ether oxygens (including phenoxy) is 1. The summed E-state index contributed by atoms with van der Waals surface area (Å²) in [7, 11) is 0. The van der Waals surface area contributed by atoms with Crippen molar-refractivity contribution in [1.82, 2.24) is 0 Å². The smallest absolute Gasteiger partial charge is 0.338 e. The maximum Gasteiger partial charge on any atom is 0.338 e. The third-order valence-electron chi connectivity index (χ3n) is 7.30. The number of rotatable bonds is 5. The number of carbonyl (C=O) groups is 1. The molecule has 5 atom stereocenters. The molecule has 2 heteroatoms. The molecule has 2 saturated carbocycles. The third-order valence-corrected chi connectivity index (χ3v) is 7.30. The Morgan fingerprint density at radius 3 is 2.07 bits per heavy atom. The molecule has 29 heavy (non-hydrogen) atoms. The highest BCUT2D eigenvalue weighted by molar-refractivity contribution is 5.89. The molecule has 2 aliphatic carbocycles. The Bertz CT molecular complexity index is 808. The van der Waals surface area contributed by atoms with Crippen LogP contribution in [0.4, 0.5) is 0 Å². The molecule has 0 spiro atoms. The topological polar surface area (TPSA) is 26.3 Å². The van der Waals surface area contributed by atoms with Crippen LogP contribution in [0.2, 0.25) is 0 Å². The first-order chi connectivity index (χ1) is 14.0. The van der Waals surface area contributed by atoms with Crippen molar-refractivity contribution in [3.63, 3.8) is 0 Å². The van der Waals surface area contributed by atoms with E-state index in [2.05, 4.69) is 63.2 Å². The Hall–Kier alpha value is -2.09. The highest BCUT2D eigenvalue weighted by atomic mass is 16.5. The van der Waals surface area contributed by atoms with E-state index in [0.717, 1.165) is 12.8 Å². The molecule has 2 aromatic rings. The van der Waals surface area contributed by atoms with E-state index in [1.54, 1.807) is 0 Å². The Labute approximate surface area is 175 Å². The van der Waals surface area contributed by atoms with Crippen LogP contribution in [0.1, 0.15) is 86.2 Å². The molecule has 154 valence electrons. The minimum atomic E-state index is -0.158. The highest BCUT2D eigenvalue weighted by Crippen LogP contribution is 2.49. The van der Waals surface area contributed by atoms with Crippen molar-refractivity contribution < 1.29 is 9.53 Å². The maximum absolute atomic E-state index is 12.8. The maximum atomic E-state index is 12.8. The summed E-state index contributed by atoms with van der Waals surface area (Å²) in [4.78, 5) is 12.8. The second-order valence-electron chi connectivity index (χ2n) is 9.59. The van der Waals surface area contributed by atoms with Crippen LogP contribution in [0, 0.1) is 17.8 Å². The molecule has 2 nitrogen and oxygen atoms in total. The molecule has 0 aliphatic heterocycles. The Kier molecular flexibility index (Phi) is 6.08. The molecule has 0 amide bonds. The van der Waals surface area contributed by atoms with Crippen LogP contribution in [0.25, 0.3) is 0 Å². The Morgan fingerprint density at radius 2 is 1.48 bits per heavy atom. The normalized spacial score (nSPS) is 29.3.